The SMILES string of the molecule is CCCCCC=[SH]C(N)=S.[Mn]. The Hall–Kier alpha value is 0.629. The van der Waals surface area contributed by atoms with Gasteiger partial charge in [0.05, 0.1) is 0 Å². The number of nitrogens with two attached hydrogens (primary N) is 1. The van der Waals surface area contributed by atoms with Gasteiger partial charge in [-0.2, -0.15) is 0 Å². The van der Waals surface area contributed by atoms with E-state index in [0.717, 1.165) is 17.8 Å². The van der Waals surface area contributed by atoms with Crippen LogP contribution in [0.25, 0.3) is 0 Å². The fraction of sp³-hybridized carbons (Fsp3) is 0.714. The average Bonchev–Trinajstić information content (AvgIpc) is 1.87. The second-order valence-corrected chi connectivity index (χ2v) is 3.99. The van der Waals surface area contributed by atoms with Gasteiger partial charge in [0.25, 0.3) is 0 Å². The van der Waals surface area contributed by atoms with Gasteiger partial charge in [0, 0.05) is 17.1 Å². The van der Waals surface area contributed by atoms with Crippen molar-refractivity contribution in [3.8, 4) is 0 Å². The summed E-state index contributed by atoms with van der Waals surface area (Å²) in [5.74, 6) is 0. The number of unbranched alkanes of at least 4 members (excludes halogenated alkanes) is 3. The Labute approximate surface area is 88.6 Å². The quantitative estimate of drug-likeness (QED) is 0.336. The van der Waals surface area contributed by atoms with Gasteiger partial charge in [-0.15, -0.1) is 11.4 Å². The molecule has 4 heteroatoms. The van der Waals surface area contributed by atoms with Crippen LogP contribution in [0.1, 0.15) is 32.6 Å². The Morgan fingerprint density at radius 3 is 2.64 bits per heavy atom. The maximum Gasteiger partial charge on any atom is 0.122 e. The maximum absolute atomic E-state index is 5.30. The zero-order chi connectivity index (χ0) is 7.82. The van der Waals surface area contributed by atoms with E-state index in [1.807, 2.05) is 0 Å². The van der Waals surface area contributed by atoms with E-state index in [2.05, 4.69) is 12.3 Å². The summed E-state index contributed by atoms with van der Waals surface area (Å²) in [5, 5.41) is 2.14. The van der Waals surface area contributed by atoms with Gasteiger partial charge in [-0.05, 0) is 12.8 Å². The first-order chi connectivity index (χ1) is 4.77. The van der Waals surface area contributed by atoms with E-state index >= 15 is 0 Å². The van der Waals surface area contributed by atoms with Crippen molar-refractivity contribution < 1.29 is 17.1 Å². The molecule has 0 fully saturated rings. The van der Waals surface area contributed by atoms with E-state index in [1.54, 1.807) is 0 Å². The first-order valence-corrected chi connectivity index (χ1v) is 4.96. The molecular weight excluding hydrogens is 217 g/mol. The van der Waals surface area contributed by atoms with Crippen LogP contribution in [0.15, 0.2) is 0 Å². The molecule has 0 bridgehead atoms. The summed E-state index contributed by atoms with van der Waals surface area (Å²) < 4.78 is 0.580. The molecule has 0 aliphatic rings. The van der Waals surface area contributed by atoms with Crippen LogP contribution in [0, 0.1) is 0 Å². The summed E-state index contributed by atoms with van der Waals surface area (Å²) in [7, 11) is 0. The molecule has 0 aliphatic heterocycles. The zero-order valence-electron chi connectivity index (χ0n) is 6.72. The first-order valence-electron chi connectivity index (χ1n) is 3.59. The van der Waals surface area contributed by atoms with Gasteiger partial charge in [-0.3, -0.25) is 0 Å². The number of hydrogen-bond acceptors (Lipinski definition) is 1. The molecule has 0 aliphatic carbocycles. The minimum absolute atomic E-state index is 0. The van der Waals surface area contributed by atoms with E-state index in [9.17, 15) is 0 Å². The molecule has 0 atom stereocenters. The van der Waals surface area contributed by atoms with Crippen LogP contribution < -0.4 is 5.73 Å². The zero-order valence-corrected chi connectivity index (χ0v) is 9.61. The Morgan fingerprint density at radius 2 is 2.18 bits per heavy atom. The largest absolute Gasteiger partial charge is 0.385 e. The summed E-state index contributed by atoms with van der Waals surface area (Å²) in [4.78, 5) is 0. The molecule has 0 spiro atoms. The molecule has 1 nitrogen and oxygen atoms in total. The van der Waals surface area contributed by atoms with Crippen LogP contribution in [0.4, 0.5) is 0 Å². The molecule has 0 aromatic carbocycles. The van der Waals surface area contributed by atoms with Gasteiger partial charge in [0.1, 0.15) is 4.32 Å². The molecule has 2 N–H and O–H groups in total. The van der Waals surface area contributed by atoms with Gasteiger partial charge in [-0.1, -0.05) is 37.4 Å². The number of thiocarbonyl (C=S) groups is 1. The third-order valence-corrected chi connectivity index (χ3v) is 2.17. The molecule has 0 heterocycles. The number of thiol groups is 1. The van der Waals surface area contributed by atoms with Crippen LogP contribution in [-0.2, 0) is 17.1 Å². The van der Waals surface area contributed by atoms with Gasteiger partial charge in [0.15, 0.2) is 0 Å². The molecule has 67 valence electrons. The minimum Gasteiger partial charge on any atom is -0.385 e. The third kappa shape index (κ3) is 13.6. The van der Waals surface area contributed by atoms with Crippen LogP contribution in [0.2, 0.25) is 0 Å². The molecule has 0 unspecified atom stereocenters. The van der Waals surface area contributed by atoms with E-state index in [0.29, 0.717) is 4.32 Å². The van der Waals surface area contributed by atoms with Crippen molar-refractivity contribution in [3.63, 3.8) is 0 Å². The van der Waals surface area contributed by atoms with E-state index in [-0.39, 0.29) is 17.1 Å². The van der Waals surface area contributed by atoms with Crippen molar-refractivity contribution in [1.29, 1.82) is 0 Å². The molecule has 0 rings (SSSR count). The Balaban J connectivity index is 0. The van der Waals surface area contributed by atoms with E-state index < -0.39 is 0 Å². The van der Waals surface area contributed by atoms with Gasteiger partial charge in [-0.25, -0.2) is 0 Å². The molecule has 0 aromatic heterocycles. The van der Waals surface area contributed by atoms with E-state index in [4.69, 9.17) is 18.0 Å². The molecule has 0 saturated carbocycles. The van der Waals surface area contributed by atoms with Crippen LogP contribution in [0.3, 0.4) is 0 Å². The van der Waals surface area contributed by atoms with Gasteiger partial charge >= 0.3 is 0 Å². The summed E-state index contributed by atoms with van der Waals surface area (Å²) >= 11 is 5.73. The molecule has 0 aromatic rings. The van der Waals surface area contributed by atoms with E-state index in [1.165, 1.54) is 19.3 Å². The monoisotopic (exact) mass is 232 g/mol. The second-order valence-electron chi connectivity index (χ2n) is 2.15. The van der Waals surface area contributed by atoms with Crippen LogP contribution in [-0.4, -0.2) is 9.69 Å². The Bertz CT molecular complexity index is 126. The average molecular weight is 232 g/mol. The fourth-order valence-electron chi connectivity index (χ4n) is 0.640. The summed E-state index contributed by atoms with van der Waals surface area (Å²) in [6.07, 6.45) is 5.00. The molecule has 0 saturated heterocycles. The first kappa shape index (κ1) is 14.2. The van der Waals surface area contributed by atoms with Gasteiger partial charge in [0.2, 0.25) is 0 Å². The van der Waals surface area contributed by atoms with Crippen molar-refractivity contribution in [2.45, 2.75) is 32.6 Å². The van der Waals surface area contributed by atoms with Crippen molar-refractivity contribution in [3.05, 3.63) is 0 Å². The molecule has 11 heavy (non-hydrogen) atoms. The second kappa shape index (κ2) is 10.6. The predicted molar refractivity (Wildman–Crippen MR) is 56.0 cm³/mol. The smallest absolute Gasteiger partial charge is 0.122 e. The Morgan fingerprint density at radius 1 is 1.55 bits per heavy atom. The van der Waals surface area contributed by atoms with Crippen molar-refractivity contribution in [2.75, 3.05) is 0 Å². The molecule has 1 radical (unpaired) electrons. The Kier molecular flexibility index (Phi) is 13.7. The predicted octanol–water partition coefficient (Wildman–Crippen LogP) is 2.08. The molecule has 0 amide bonds. The number of hydrogen-bond donors (Lipinski definition) is 2. The third-order valence-electron chi connectivity index (χ3n) is 1.16. The number of rotatable bonds is 4. The topological polar surface area (TPSA) is 26.0 Å². The minimum atomic E-state index is 0. The van der Waals surface area contributed by atoms with Crippen molar-refractivity contribution >= 4 is 33.3 Å². The maximum atomic E-state index is 5.30. The van der Waals surface area contributed by atoms with Crippen LogP contribution in [0.5, 0.6) is 0 Å². The fourth-order valence-corrected chi connectivity index (χ4v) is 1.36. The summed E-state index contributed by atoms with van der Waals surface area (Å²) in [6, 6.07) is 0. The normalized spacial score (nSPS) is 10.3. The van der Waals surface area contributed by atoms with Crippen molar-refractivity contribution in [1.82, 2.24) is 0 Å². The summed E-state index contributed by atoms with van der Waals surface area (Å²) in [6.45, 7) is 2.20. The van der Waals surface area contributed by atoms with Crippen LogP contribution >= 0.6 is 23.6 Å². The summed E-state index contributed by atoms with van der Waals surface area (Å²) in [5.41, 5.74) is 5.30. The van der Waals surface area contributed by atoms with Crippen molar-refractivity contribution in [2.24, 2.45) is 5.73 Å². The molecular formula is C7H15MnNS2. The standard InChI is InChI=1S/C7H15NS2.Mn/c1-2-3-4-5-6-10-7(8)9;/h6,10H,2-5H2,1H3,(H2,8,9);. The van der Waals surface area contributed by atoms with Gasteiger partial charge < -0.3 is 5.73 Å².